The van der Waals surface area contributed by atoms with Crippen molar-refractivity contribution in [1.29, 1.82) is 0 Å². The van der Waals surface area contributed by atoms with Gasteiger partial charge >= 0.3 is 0 Å². The van der Waals surface area contributed by atoms with Gasteiger partial charge in [-0.3, -0.25) is 9.59 Å². The number of ether oxygens (including phenoxy) is 3. The van der Waals surface area contributed by atoms with Crippen molar-refractivity contribution in [1.82, 2.24) is 4.90 Å². The Morgan fingerprint density at radius 1 is 1.16 bits per heavy atom. The first-order valence-electron chi connectivity index (χ1n) is 10.7. The van der Waals surface area contributed by atoms with Crippen molar-refractivity contribution in [2.75, 3.05) is 27.4 Å². The fourth-order valence-electron chi connectivity index (χ4n) is 4.35. The highest BCUT2D eigenvalue weighted by atomic mass is 16.5. The minimum absolute atomic E-state index is 0.0630. The molecule has 2 atom stereocenters. The van der Waals surface area contributed by atoms with Crippen LogP contribution in [0.5, 0.6) is 11.5 Å². The number of fused-ring (bicyclic) bond motifs is 1. The normalized spacial score (nSPS) is 21.5. The van der Waals surface area contributed by atoms with E-state index >= 15 is 0 Å². The van der Waals surface area contributed by atoms with E-state index in [-0.39, 0.29) is 17.4 Å². The quantitative estimate of drug-likeness (QED) is 0.309. The number of Topliss-reactive ketones (excluding diaryl/α,β-unsaturated/α-hetero) is 1. The summed E-state index contributed by atoms with van der Waals surface area (Å²) in [6.07, 6.45) is 1.36. The second kappa shape index (κ2) is 9.04. The lowest BCUT2D eigenvalue weighted by atomic mass is 9.94. The molecule has 0 aromatic heterocycles. The van der Waals surface area contributed by atoms with Crippen LogP contribution in [0.2, 0.25) is 0 Å². The van der Waals surface area contributed by atoms with E-state index in [1.165, 1.54) is 4.90 Å². The monoisotopic (exact) mass is 437 g/mol. The van der Waals surface area contributed by atoms with Crippen LogP contribution in [0.4, 0.5) is 0 Å². The van der Waals surface area contributed by atoms with Crippen LogP contribution in [0.25, 0.3) is 5.76 Å². The Labute approximate surface area is 187 Å². The van der Waals surface area contributed by atoms with Gasteiger partial charge in [-0.2, -0.15) is 0 Å². The van der Waals surface area contributed by atoms with E-state index in [0.29, 0.717) is 30.9 Å². The van der Waals surface area contributed by atoms with Gasteiger partial charge in [0.1, 0.15) is 23.4 Å². The van der Waals surface area contributed by atoms with Crippen LogP contribution < -0.4 is 9.47 Å². The lowest BCUT2D eigenvalue weighted by Gasteiger charge is -2.25. The number of methoxy groups -OCH3 is 2. The van der Waals surface area contributed by atoms with Gasteiger partial charge in [0.25, 0.3) is 11.7 Å². The first kappa shape index (κ1) is 21.9. The lowest BCUT2D eigenvalue weighted by molar-refractivity contribution is -0.140. The Morgan fingerprint density at radius 2 is 1.91 bits per heavy atom. The molecule has 1 fully saturated rings. The maximum absolute atomic E-state index is 13.1. The van der Waals surface area contributed by atoms with Gasteiger partial charge in [-0.1, -0.05) is 12.1 Å². The van der Waals surface area contributed by atoms with Gasteiger partial charge in [0.15, 0.2) is 0 Å². The molecule has 0 radical (unpaired) electrons. The van der Waals surface area contributed by atoms with Gasteiger partial charge in [0, 0.05) is 32.2 Å². The molecule has 2 unspecified atom stereocenters. The summed E-state index contributed by atoms with van der Waals surface area (Å²) in [7, 11) is 3.16. The fourth-order valence-corrected chi connectivity index (χ4v) is 4.35. The number of hydrogen-bond acceptors (Lipinski definition) is 6. The molecule has 0 aliphatic carbocycles. The number of nitrogens with zero attached hydrogens (tertiary/aromatic N) is 1. The second-order valence-electron chi connectivity index (χ2n) is 8.07. The summed E-state index contributed by atoms with van der Waals surface area (Å²) in [6, 6.07) is 11.8. The number of likely N-dealkylation sites (tertiary alicyclic amines) is 1. The highest BCUT2D eigenvalue weighted by Crippen LogP contribution is 2.41. The van der Waals surface area contributed by atoms with Crippen LogP contribution in [0.1, 0.15) is 36.1 Å². The van der Waals surface area contributed by atoms with E-state index in [4.69, 9.17) is 14.2 Å². The second-order valence-corrected chi connectivity index (χ2v) is 8.07. The van der Waals surface area contributed by atoms with E-state index in [2.05, 4.69) is 0 Å². The summed E-state index contributed by atoms with van der Waals surface area (Å²) < 4.78 is 16.1. The van der Waals surface area contributed by atoms with Crippen LogP contribution >= 0.6 is 0 Å². The molecule has 2 aliphatic heterocycles. The number of hydrogen-bond donors (Lipinski definition) is 1. The highest BCUT2D eigenvalue weighted by Gasteiger charge is 2.45. The number of benzene rings is 2. The van der Waals surface area contributed by atoms with Crippen LogP contribution in [-0.4, -0.2) is 55.2 Å². The molecule has 1 saturated heterocycles. The van der Waals surface area contributed by atoms with Gasteiger partial charge in [-0.05, 0) is 54.8 Å². The molecule has 0 spiro atoms. The van der Waals surface area contributed by atoms with Gasteiger partial charge in [-0.15, -0.1) is 0 Å². The molecule has 168 valence electrons. The maximum Gasteiger partial charge on any atom is 0.295 e. The molecule has 7 nitrogen and oxygen atoms in total. The number of rotatable bonds is 7. The fraction of sp³-hybridized carbons (Fsp3) is 0.360. The zero-order valence-electron chi connectivity index (χ0n) is 18.5. The largest absolute Gasteiger partial charge is 0.507 e. The van der Waals surface area contributed by atoms with E-state index in [0.717, 1.165) is 23.3 Å². The van der Waals surface area contributed by atoms with E-state index in [1.807, 2.05) is 25.1 Å². The number of amides is 1. The summed E-state index contributed by atoms with van der Waals surface area (Å²) in [5, 5.41) is 11.2. The van der Waals surface area contributed by atoms with Crippen molar-refractivity contribution in [3.8, 4) is 11.5 Å². The molecule has 1 N–H and O–H groups in total. The molecule has 2 heterocycles. The molecule has 2 aromatic carbocycles. The summed E-state index contributed by atoms with van der Waals surface area (Å²) >= 11 is 0. The van der Waals surface area contributed by atoms with E-state index < -0.39 is 17.7 Å². The molecule has 0 bridgehead atoms. The van der Waals surface area contributed by atoms with Crippen molar-refractivity contribution in [3.63, 3.8) is 0 Å². The lowest BCUT2D eigenvalue weighted by Crippen LogP contribution is -2.31. The van der Waals surface area contributed by atoms with Gasteiger partial charge in [-0.25, -0.2) is 0 Å². The Kier molecular flexibility index (Phi) is 6.19. The Bertz CT molecular complexity index is 1060. The summed E-state index contributed by atoms with van der Waals surface area (Å²) in [4.78, 5) is 27.5. The van der Waals surface area contributed by atoms with Crippen molar-refractivity contribution in [3.05, 3.63) is 64.7 Å². The zero-order valence-corrected chi connectivity index (χ0v) is 18.5. The predicted octanol–water partition coefficient (Wildman–Crippen LogP) is 3.48. The molecule has 32 heavy (non-hydrogen) atoms. The summed E-state index contributed by atoms with van der Waals surface area (Å²) in [6.45, 7) is 2.78. The van der Waals surface area contributed by atoms with E-state index in [9.17, 15) is 14.7 Å². The molecule has 0 saturated carbocycles. The van der Waals surface area contributed by atoms with Crippen LogP contribution in [0, 0.1) is 0 Å². The van der Waals surface area contributed by atoms with E-state index in [1.54, 1.807) is 38.5 Å². The number of carbonyl (C=O) groups excluding carboxylic acids is 2. The van der Waals surface area contributed by atoms with Gasteiger partial charge < -0.3 is 24.2 Å². The molecular weight excluding hydrogens is 410 g/mol. The summed E-state index contributed by atoms with van der Waals surface area (Å²) in [5.74, 6) is -0.0493. The van der Waals surface area contributed by atoms with Crippen molar-refractivity contribution < 1.29 is 28.9 Å². The Morgan fingerprint density at radius 3 is 2.59 bits per heavy atom. The van der Waals surface area contributed by atoms with Crippen LogP contribution in [0.15, 0.2) is 48.0 Å². The average molecular weight is 437 g/mol. The average Bonchev–Trinajstić information content (AvgIpc) is 3.29. The summed E-state index contributed by atoms with van der Waals surface area (Å²) in [5.41, 5.74) is 2.28. The number of ketones is 1. The molecule has 2 aromatic rings. The molecule has 4 rings (SSSR count). The molecular formula is C25H27NO6. The minimum atomic E-state index is -0.693. The van der Waals surface area contributed by atoms with Crippen molar-refractivity contribution in [2.45, 2.75) is 31.9 Å². The molecule has 7 heteroatoms. The van der Waals surface area contributed by atoms with Gasteiger partial charge in [0.05, 0.1) is 18.7 Å². The van der Waals surface area contributed by atoms with Crippen LogP contribution in [-0.2, 0) is 20.7 Å². The third-order valence-electron chi connectivity index (χ3n) is 5.89. The van der Waals surface area contributed by atoms with Crippen LogP contribution in [0.3, 0.4) is 0 Å². The maximum atomic E-state index is 13.1. The predicted molar refractivity (Wildman–Crippen MR) is 119 cm³/mol. The first-order valence-corrected chi connectivity index (χ1v) is 10.7. The Hall–Kier alpha value is -3.32. The molecule has 2 aliphatic rings. The minimum Gasteiger partial charge on any atom is -0.507 e. The smallest absolute Gasteiger partial charge is 0.295 e. The van der Waals surface area contributed by atoms with Gasteiger partial charge in [0.2, 0.25) is 0 Å². The Balaban J connectivity index is 1.79. The standard InChI is InChI=1S/C25H27NO6/c1-15-13-18-14-17(7-10-20(18)32-15)23(27)21-22(16-5-8-19(31-3)9-6-16)26(11-4-12-30-2)25(29)24(21)28/h5-10,14-15,22,27H,4,11-13H2,1-3H3/b23-21-. The van der Waals surface area contributed by atoms with Crippen molar-refractivity contribution >= 4 is 17.4 Å². The molecule has 1 amide bonds. The third kappa shape index (κ3) is 3.96. The van der Waals surface area contributed by atoms with Crippen molar-refractivity contribution in [2.24, 2.45) is 0 Å². The topological polar surface area (TPSA) is 85.3 Å². The number of aliphatic hydroxyl groups is 1. The highest BCUT2D eigenvalue weighted by molar-refractivity contribution is 6.46. The SMILES string of the molecule is COCCCN1C(=O)C(=O)/C(=C(\O)c2ccc3c(c2)CC(C)O3)C1c1ccc(OC)cc1. The zero-order chi connectivity index (χ0) is 22.8. The first-order chi connectivity index (χ1) is 15.4. The number of aliphatic hydroxyl groups excluding tert-OH is 1. The number of carbonyl (C=O) groups is 2. The third-order valence-corrected chi connectivity index (χ3v) is 5.89.